The highest BCUT2D eigenvalue weighted by atomic mass is 15.0. The van der Waals surface area contributed by atoms with Crippen molar-refractivity contribution < 1.29 is 0 Å². The highest BCUT2D eigenvalue weighted by Crippen LogP contribution is 2.55. The van der Waals surface area contributed by atoms with Gasteiger partial charge in [0.1, 0.15) is 0 Å². The summed E-state index contributed by atoms with van der Waals surface area (Å²) >= 11 is 0. The van der Waals surface area contributed by atoms with Gasteiger partial charge in [0.05, 0.1) is 16.6 Å². The molecule has 8 aromatic carbocycles. The van der Waals surface area contributed by atoms with Gasteiger partial charge in [-0.2, -0.15) is 0 Å². The van der Waals surface area contributed by atoms with Crippen LogP contribution in [0.3, 0.4) is 0 Å². The summed E-state index contributed by atoms with van der Waals surface area (Å²) in [5, 5.41) is 6.26. The van der Waals surface area contributed by atoms with Crippen molar-refractivity contribution in [3.05, 3.63) is 182 Å². The molecule has 2 heteroatoms. The van der Waals surface area contributed by atoms with E-state index in [1.807, 2.05) is 12.3 Å². The zero-order valence-corrected chi connectivity index (χ0v) is 27.7. The second-order valence-corrected chi connectivity index (χ2v) is 13.5. The molecule has 0 spiro atoms. The molecule has 0 unspecified atom stereocenters. The summed E-state index contributed by atoms with van der Waals surface area (Å²) in [5.41, 5.74) is 17.2. The number of benzene rings is 8. The normalized spacial score (nSPS) is 11.9. The van der Waals surface area contributed by atoms with E-state index in [0.717, 1.165) is 11.2 Å². The van der Waals surface area contributed by atoms with Gasteiger partial charge in [-0.05, 0) is 103 Å². The van der Waals surface area contributed by atoms with Gasteiger partial charge < -0.3 is 4.57 Å². The van der Waals surface area contributed by atoms with E-state index < -0.39 is 0 Å². The van der Waals surface area contributed by atoms with Gasteiger partial charge in [-0.3, -0.25) is 4.98 Å². The fourth-order valence-electron chi connectivity index (χ4n) is 8.66. The average Bonchev–Trinajstić information content (AvgIpc) is 3.73. The minimum absolute atomic E-state index is 1.02. The molecule has 1 aliphatic rings. The third kappa shape index (κ3) is 4.08. The van der Waals surface area contributed by atoms with Crippen molar-refractivity contribution >= 4 is 43.5 Å². The molecule has 0 saturated carbocycles. The van der Waals surface area contributed by atoms with Gasteiger partial charge in [-0.25, -0.2) is 0 Å². The molecular formula is C49H30N2. The van der Waals surface area contributed by atoms with E-state index in [1.54, 1.807) is 0 Å². The summed E-state index contributed by atoms with van der Waals surface area (Å²) in [6.07, 6.45) is 1.87. The molecule has 0 radical (unpaired) electrons. The second-order valence-electron chi connectivity index (χ2n) is 13.5. The van der Waals surface area contributed by atoms with Crippen molar-refractivity contribution in [2.75, 3.05) is 0 Å². The van der Waals surface area contributed by atoms with E-state index in [4.69, 9.17) is 0 Å². The summed E-state index contributed by atoms with van der Waals surface area (Å²) in [7, 11) is 0. The predicted molar refractivity (Wildman–Crippen MR) is 214 cm³/mol. The lowest BCUT2D eigenvalue weighted by Gasteiger charge is -2.15. The molecule has 1 aliphatic carbocycles. The number of aromatic nitrogens is 2. The van der Waals surface area contributed by atoms with E-state index in [-0.39, 0.29) is 0 Å². The second kappa shape index (κ2) is 10.9. The van der Waals surface area contributed by atoms with Crippen LogP contribution in [0.5, 0.6) is 0 Å². The van der Waals surface area contributed by atoms with Crippen molar-refractivity contribution in [3.63, 3.8) is 0 Å². The Labute approximate surface area is 295 Å². The van der Waals surface area contributed by atoms with Gasteiger partial charge in [-0.15, -0.1) is 0 Å². The minimum Gasteiger partial charge on any atom is -0.309 e. The molecule has 0 amide bonds. The van der Waals surface area contributed by atoms with Gasteiger partial charge in [0.25, 0.3) is 0 Å². The molecule has 51 heavy (non-hydrogen) atoms. The van der Waals surface area contributed by atoms with Crippen molar-refractivity contribution in [2.45, 2.75) is 0 Å². The average molecular weight is 647 g/mol. The molecule has 0 atom stereocenters. The van der Waals surface area contributed by atoms with Crippen LogP contribution in [0.25, 0.3) is 105 Å². The first-order valence-electron chi connectivity index (χ1n) is 17.6. The summed E-state index contributed by atoms with van der Waals surface area (Å²) in [4.78, 5) is 4.67. The van der Waals surface area contributed by atoms with Gasteiger partial charge >= 0.3 is 0 Å². The number of rotatable bonds is 4. The van der Waals surface area contributed by atoms with E-state index in [0.29, 0.717) is 0 Å². The van der Waals surface area contributed by atoms with Crippen LogP contribution in [-0.4, -0.2) is 9.55 Å². The zero-order valence-electron chi connectivity index (χ0n) is 27.7. The Bertz CT molecular complexity index is 2930. The topological polar surface area (TPSA) is 17.8 Å². The molecule has 2 nitrogen and oxygen atoms in total. The molecule has 0 saturated heterocycles. The smallest absolute Gasteiger partial charge is 0.0709 e. The van der Waals surface area contributed by atoms with E-state index in [9.17, 15) is 0 Å². The summed E-state index contributed by atoms with van der Waals surface area (Å²) in [5.74, 6) is 0. The van der Waals surface area contributed by atoms with Crippen molar-refractivity contribution in [2.24, 2.45) is 0 Å². The molecule has 0 aliphatic heterocycles. The molecule has 10 aromatic rings. The summed E-state index contributed by atoms with van der Waals surface area (Å²) in [6, 6.07) is 64.2. The fourth-order valence-corrected chi connectivity index (χ4v) is 8.66. The first-order chi connectivity index (χ1) is 25.3. The van der Waals surface area contributed by atoms with E-state index in [1.165, 1.54) is 93.6 Å². The molecule has 2 heterocycles. The summed E-state index contributed by atoms with van der Waals surface area (Å²) in [6.45, 7) is 0. The standard InChI is InChI=1S/C49H30N2/c1-3-12-31(13-4-1)36-24-25-37(32-14-5-2-6-15-32)49-42-26-23-35(38-19-10-20-41(46(38)42)48(36)49)33-16-9-17-34(30-33)51-44-22-8-7-18-40(44)47-39-21-11-29-50-43(39)27-28-45(47)51/h1-30H. The van der Waals surface area contributed by atoms with Gasteiger partial charge in [-0.1, -0.05) is 140 Å². The highest BCUT2D eigenvalue weighted by Gasteiger charge is 2.28. The van der Waals surface area contributed by atoms with Gasteiger partial charge in [0, 0.05) is 28.0 Å². The Kier molecular flexibility index (Phi) is 5.99. The Hall–Kier alpha value is -6.77. The summed E-state index contributed by atoms with van der Waals surface area (Å²) < 4.78 is 2.41. The molecule has 236 valence electrons. The van der Waals surface area contributed by atoms with Gasteiger partial charge in [0.2, 0.25) is 0 Å². The minimum atomic E-state index is 1.02. The zero-order chi connectivity index (χ0) is 33.5. The third-order valence-corrected chi connectivity index (χ3v) is 10.8. The number of nitrogens with zero attached hydrogens (tertiary/aromatic N) is 2. The Balaban J connectivity index is 1.14. The third-order valence-electron chi connectivity index (χ3n) is 10.8. The predicted octanol–water partition coefficient (Wildman–Crippen LogP) is 13.1. The number of hydrogen-bond acceptors (Lipinski definition) is 1. The quantitative estimate of drug-likeness (QED) is 0.186. The largest absolute Gasteiger partial charge is 0.309 e. The lowest BCUT2D eigenvalue weighted by atomic mass is 9.88. The van der Waals surface area contributed by atoms with Crippen LogP contribution in [-0.2, 0) is 0 Å². The van der Waals surface area contributed by atoms with Gasteiger partial charge in [0.15, 0.2) is 0 Å². The molecule has 11 rings (SSSR count). The van der Waals surface area contributed by atoms with Crippen LogP contribution in [0, 0.1) is 0 Å². The van der Waals surface area contributed by atoms with E-state index in [2.05, 4.69) is 179 Å². The van der Waals surface area contributed by atoms with Crippen LogP contribution in [0.4, 0.5) is 0 Å². The number of pyridine rings is 1. The van der Waals surface area contributed by atoms with Crippen LogP contribution in [0.15, 0.2) is 182 Å². The first kappa shape index (κ1) is 28.1. The van der Waals surface area contributed by atoms with Crippen molar-refractivity contribution in [1.82, 2.24) is 9.55 Å². The maximum Gasteiger partial charge on any atom is 0.0709 e. The Morgan fingerprint density at radius 2 is 0.961 bits per heavy atom. The van der Waals surface area contributed by atoms with Crippen molar-refractivity contribution in [3.8, 4) is 61.3 Å². The first-order valence-corrected chi connectivity index (χ1v) is 17.6. The maximum absolute atomic E-state index is 4.67. The van der Waals surface area contributed by atoms with Crippen LogP contribution in [0.1, 0.15) is 0 Å². The molecule has 0 bridgehead atoms. The van der Waals surface area contributed by atoms with E-state index >= 15 is 0 Å². The Morgan fingerprint density at radius 3 is 1.75 bits per heavy atom. The van der Waals surface area contributed by atoms with Crippen molar-refractivity contribution in [1.29, 1.82) is 0 Å². The highest BCUT2D eigenvalue weighted by molar-refractivity contribution is 6.24. The van der Waals surface area contributed by atoms with Crippen LogP contribution >= 0.6 is 0 Å². The lowest BCUT2D eigenvalue weighted by molar-refractivity contribution is 1.18. The monoisotopic (exact) mass is 646 g/mol. The SMILES string of the molecule is c1ccc(-c2ccc(-c3ccccc3)c3c2-c2cccc4c(-c5cccc(-n6c7ccccc7c7c8cccnc8ccc76)c5)ccc-3c24)cc1. The number of para-hydroxylation sites is 1. The molecule has 0 fully saturated rings. The number of hydrogen-bond donors (Lipinski definition) is 0. The fraction of sp³-hybridized carbons (Fsp3) is 0. The maximum atomic E-state index is 4.67. The number of fused-ring (bicyclic) bond motifs is 8. The molecule has 0 N–H and O–H groups in total. The molecular weight excluding hydrogens is 617 g/mol. The van der Waals surface area contributed by atoms with Crippen LogP contribution < -0.4 is 0 Å². The van der Waals surface area contributed by atoms with Crippen LogP contribution in [0.2, 0.25) is 0 Å². The lowest BCUT2D eigenvalue weighted by Crippen LogP contribution is -1.94. The molecule has 2 aromatic heterocycles. The Morgan fingerprint density at radius 1 is 0.353 bits per heavy atom.